The van der Waals surface area contributed by atoms with Gasteiger partial charge in [-0.15, -0.1) is 0 Å². The maximum atomic E-state index is 12.3. The SMILES string of the molecule is COC(=O)c1cc(NC(=O)[C@H]2NCCO[C@@H]2C)cc([N+](=O)[O-])c1. The van der Waals surface area contributed by atoms with Gasteiger partial charge in [-0.3, -0.25) is 14.9 Å². The highest BCUT2D eigenvalue weighted by Crippen LogP contribution is 2.22. The van der Waals surface area contributed by atoms with Crippen LogP contribution < -0.4 is 10.6 Å². The third-order valence-electron chi connectivity index (χ3n) is 3.42. The largest absolute Gasteiger partial charge is 0.465 e. The minimum atomic E-state index is -0.725. The molecule has 2 rings (SSSR count). The molecule has 1 fully saturated rings. The number of non-ortho nitro benzene ring substituents is 1. The lowest BCUT2D eigenvalue weighted by Gasteiger charge is -2.29. The van der Waals surface area contributed by atoms with Crippen molar-refractivity contribution in [1.29, 1.82) is 0 Å². The van der Waals surface area contributed by atoms with Crippen LogP contribution in [-0.2, 0) is 14.3 Å². The monoisotopic (exact) mass is 323 g/mol. The lowest BCUT2D eigenvalue weighted by Crippen LogP contribution is -2.53. The number of hydrogen-bond acceptors (Lipinski definition) is 7. The van der Waals surface area contributed by atoms with E-state index in [1.165, 1.54) is 19.2 Å². The Morgan fingerprint density at radius 3 is 2.78 bits per heavy atom. The zero-order valence-corrected chi connectivity index (χ0v) is 12.7. The predicted octanol–water partition coefficient (Wildman–Crippen LogP) is 0.697. The van der Waals surface area contributed by atoms with Crippen LogP contribution in [0.15, 0.2) is 18.2 Å². The Bertz CT molecular complexity index is 633. The molecule has 9 heteroatoms. The summed E-state index contributed by atoms with van der Waals surface area (Å²) in [4.78, 5) is 34.2. The summed E-state index contributed by atoms with van der Waals surface area (Å²) in [6.45, 7) is 2.79. The standard InChI is InChI=1S/C14H17N3O6/c1-8-12(15-3-4-23-8)13(18)16-10-5-9(14(19)22-2)6-11(7-10)17(20)21/h5-8,12,15H,3-4H2,1-2H3,(H,16,18)/t8-,12+/m1/s1. The van der Waals surface area contributed by atoms with Gasteiger partial charge in [0.1, 0.15) is 6.04 Å². The van der Waals surface area contributed by atoms with E-state index in [1.807, 2.05) is 0 Å². The van der Waals surface area contributed by atoms with Gasteiger partial charge in [0.05, 0.1) is 30.3 Å². The number of amides is 1. The van der Waals surface area contributed by atoms with E-state index in [-0.39, 0.29) is 23.0 Å². The lowest BCUT2D eigenvalue weighted by molar-refractivity contribution is -0.384. The smallest absolute Gasteiger partial charge is 0.338 e. The first-order chi connectivity index (χ1) is 10.9. The van der Waals surface area contributed by atoms with Gasteiger partial charge in [-0.05, 0) is 13.0 Å². The number of nitrogens with one attached hydrogen (secondary N) is 2. The molecule has 0 spiro atoms. The van der Waals surface area contributed by atoms with E-state index >= 15 is 0 Å². The number of anilines is 1. The molecular formula is C14H17N3O6. The Hall–Kier alpha value is -2.52. The molecule has 1 saturated heterocycles. The molecule has 2 atom stereocenters. The van der Waals surface area contributed by atoms with E-state index in [2.05, 4.69) is 15.4 Å². The Kier molecular flexibility index (Phi) is 5.24. The topological polar surface area (TPSA) is 120 Å². The first kappa shape index (κ1) is 16.8. The summed E-state index contributed by atoms with van der Waals surface area (Å²) in [5.74, 6) is -1.12. The molecule has 0 saturated carbocycles. The van der Waals surface area contributed by atoms with Gasteiger partial charge in [-0.1, -0.05) is 0 Å². The quantitative estimate of drug-likeness (QED) is 0.475. The molecule has 0 aromatic heterocycles. The van der Waals surface area contributed by atoms with Crippen molar-refractivity contribution in [2.75, 3.05) is 25.6 Å². The molecule has 1 aliphatic rings. The number of rotatable bonds is 4. The number of carbonyl (C=O) groups is 2. The van der Waals surface area contributed by atoms with E-state index in [0.29, 0.717) is 13.2 Å². The number of nitro benzene ring substituents is 1. The van der Waals surface area contributed by atoms with Gasteiger partial charge in [0.2, 0.25) is 5.91 Å². The number of benzene rings is 1. The highest BCUT2D eigenvalue weighted by atomic mass is 16.6. The number of nitro groups is 1. The molecule has 124 valence electrons. The molecule has 1 aromatic rings. The average Bonchev–Trinajstić information content (AvgIpc) is 2.54. The molecule has 2 N–H and O–H groups in total. The van der Waals surface area contributed by atoms with Gasteiger partial charge in [-0.2, -0.15) is 0 Å². The van der Waals surface area contributed by atoms with Crippen LogP contribution in [0.5, 0.6) is 0 Å². The normalized spacial score (nSPS) is 20.6. The summed E-state index contributed by atoms with van der Waals surface area (Å²) in [6.07, 6.45) is -0.331. The number of carbonyl (C=O) groups excluding carboxylic acids is 2. The second-order valence-corrected chi connectivity index (χ2v) is 5.01. The van der Waals surface area contributed by atoms with Crippen molar-refractivity contribution in [2.24, 2.45) is 0 Å². The molecule has 1 heterocycles. The van der Waals surface area contributed by atoms with E-state index in [4.69, 9.17) is 4.74 Å². The molecule has 0 bridgehead atoms. The minimum absolute atomic E-state index is 0.0158. The van der Waals surface area contributed by atoms with Gasteiger partial charge >= 0.3 is 5.97 Å². The van der Waals surface area contributed by atoms with E-state index in [0.717, 1.165) is 6.07 Å². The number of nitrogens with zero attached hydrogens (tertiary/aromatic N) is 1. The summed E-state index contributed by atoms with van der Waals surface area (Å²) in [7, 11) is 1.17. The lowest BCUT2D eigenvalue weighted by atomic mass is 10.1. The van der Waals surface area contributed by atoms with Crippen molar-refractivity contribution >= 4 is 23.3 Å². The van der Waals surface area contributed by atoms with Crippen molar-refractivity contribution in [3.8, 4) is 0 Å². The van der Waals surface area contributed by atoms with Crippen LogP contribution in [0, 0.1) is 10.1 Å². The maximum absolute atomic E-state index is 12.3. The second kappa shape index (κ2) is 7.16. The van der Waals surface area contributed by atoms with Crippen molar-refractivity contribution in [3.63, 3.8) is 0 Å². The summed E-state index contributed by atoms with van der Waals surface area (Å²) in [6, 6.07) is 3.01. The number of hydrogen-bond donors (Lipinski definition) is 2. The Labute approximate surface area is 132 Å². The van der Waals surface area contributed by atoms with Crippen LogP contribution in [0.1, 0.15) is 17.3 Å². The number of esters is 1. The minimum Gasteiger partial charge on any atom is -0.465 e. The zero-order chi connectivity index (χ0) is 17.0. The fourth-order valence-corrected chi connectivity index (χ4v) is 2.27. The first-order valence-corrected chi connectivity index (χ1v) is 6.96. The summed E-state index contributed by atoms with van der Waals surface area (Å²) >= 11 is 0. The van der Waals surface area contributed by atoms with E-state index in [1.54, 1.807) is 6.92 Å². The Morgan fingerprint density at radius 1 is 1.43 bits per heavy atom. The van der Waals surface area contributed by atoms with E-state index in [9.17, 15) is 19.7 Å². The molecule has 9 nitrogen and oxygen atoms in total. The maximum Gasteiger partial charge on any atom is 0.338 e. The third-order valence-corrected chi connectivity index (χ3v) is 3.42. The molecular weight excluding hydrogens is 306 g/mol. The van der Waals surface area contributed by atoms with Crippen LogP contribution >= 0.6 is 0 Å². The van der Waals surface area contributed by atoms with Gasteiger partial charge in [0.25, 0.3) is 5.69 Å². The average molecular weight is 323 g/mol. The summed E-state index contributed by atoms with van der Waals surface area (Å²) in [5.41, 5.74) is -0.189. The molecule has 1 aromatic carbocycles. The number of methoxy groups -OCH3 is 1. The van der Waals surface area contributed by atoms with Crippen LogP contribution in [0.3, 0.4) is 0 Å². The first-order valence-electron chi connectivity index (χ1n) is 6.96. The van der Waals surface area contributed by atoms with Gasteiger partial charge in [0, 0.05) is 24.4 Å². The zero-order valence-electron chi connectivity index (χ0n) is 12.7. The molecule has 0 unspecified atom stereocenters. The Balaban J connectivity index is 2.24. The predicted molar refractivity (Wildman–Crippen MR) is 80.3 cm³/mol. The summed E-state index contributed by atoms with van der Waals surface area (Å²) < 4.78 is 9.94. The molecule has 1 aliphatic heterocycles. The van der Waals surface area contributed by atoms with Crippen molar-refractivity contribution in [3.05, 3.63) is 33.9 Å². The van der Waals surface area contributed by atoms with Crippen LogP contribution in [0.4, 0.5) is 11.4 Å². The second-order valence-electron chi connectivity index (χ2n) is 5.01. The highest BCUT2D eigenvalue weighted by Gasteiger charge is 2.28. The molecule has 0 radical (unpaired) electrons. The van der Waals surface area contributed by atoms with Gasteiger partial charge < -0.3 is 20.1 Å². The van der Waals surface area contributed by atoms with Gasteiger partial charge in [0.15, 0.2) is 0 Å². The van der Waals surface area contributed by atoms with Gasteiger partial charge in [-0.25, -0.2) is 4.79 Å². The highest BCUT2D eigenvalue weighted by molar-refractivity contribution is 5.98. The summed E-state index contributed by atoms with van der Waals surface area (Å²) in [5, 5.41) is 16.5. The third kappa shape index (κ3) is 4.02. The molecule has 23 heavy (non-hydrogen) atoms. The van der Waals surface area contributed by atoms with E-state index < -0.39 is 22.8 Å². The molecule has 0 aliphatic carbocycles. The van der Waals surface area contributed by atoms with Crippen LogP contribution in [0.2, 0.25) is 0 Å². The van der Waals surface area contributed by atoms with Crippen molar-refractivity contribution in [1.82, 2.24) is 5.32 Å². The molecule has 1 amide bonds. The number of ether oxygens (including phenoxy) is 2. The van der Waals surface area contributed by atoms with Crippen LogP contribution in [0.25, 0.3) is 0 Å². The Morgan fingerprint density at radius 2 is 2.17 bits per heavy atom. The number of morpholine rings is 1. The van der Waals surface area contributed by atoms with Crippen molar-refractivity contribution < 1.29 is 24.0 Å². The van der Waals surface area contributed by atoms with Crippen LogP contribution in [-0.4, -0.2) is 49.2 Å². The fourth-order valence-electron chi connectivity index (χ4n) is 2.27. The van der Waals surface area contributed by atoms with Crippen molar-refractivity contribution in [2.45, 2.75) is 19.1 Å². The fraction of sp³-hybridized carbons (Fsp3) is 0.429.